The Morgan fingerprint density at radius 3 is 2.45 bits per heavy atom. The number of amides is 1. The van der Waals surface area contributed by atoms with Crippen LogP contribution in [0.5, 0.6) is 0 Å². The van der Waals surface area contributed by atoms with E-state index in [0.29, 0.717) is 26.7 Å². The maximum atomic E-state index is 12.6. The van der Waals surface area contributed by atoms with Gasteiger partial charge in [0, 0.05) is 39.4 Å². The summed E-state index contributed by atoms with van der Waals surface area (Å²) >= 11 is 13.4. The van der Waals surface area contributed by atoms with Gasteiger partial charge in [-0.05, 0) is 61.0 Å². The van der Waals surface area contributed by atoms with Crippen LogP contribution in [-0.4, -0.2) is 31.4 Å². The molecule has 1 N–H and O–H groups in total. The Balaban J connectivity index is 1.59. The van der Waals surface area contributed by atoms with Crippen molar-refractivity contribution in [1.82, 2.24) is 19.7 Å². The fraction of sp³-hybridized carbons (Fsp3) is 0.0909. The number of thioether (sulfide) groups is 1. The number of hydrogen-bond donors (Lipinski definition) is 1. The third kappa shape index (κ3) is 5.07. The van der Waals surface area contributed by atoms with E-state index in [-0.39, 0.29) is 11.7 Å². The molecule has 0 aliphatic heterocycles. The van der Waals surface area contributed by atoms with Crippen molar-refractivity contribution in [3.05, 3.63) is 82.6 Å². The zero-order valence-corrected chi connectivity index (χ0v) is 18.7. The van der Waals surface area contributed by atoms with Gasteiger partial charge in [-0.1, -0.05) is 41.0 Å². The molecule has 2 heterocycles. The summed E-state index contributed by atoms with van der Waals surface area (Å²) in [7, 11) is 0. The summed E-state index contributed by atoms with van der Waals surface area (Å²) < 4.78 is 1.90. The number of rotatable bonds is 6. The molecular formula is C22H17Cl2N5OS. The van der Waals surface area contributed by atoms with Crippen LogP contribution < -0.4 is 5.32 Å². The van der Waals surface area contributed by atoms with E-state index in [1.807, 2.05) is 41.8 Å². The van der Waals surface area contributed by atoms with Crippen molar-refractivity contribution in [2.45, 2.75) is 12.1 Å². The number of pyridine rings is 1. The first-order chi connectivity index (χ1) is 15.0. The Morgan fingerprint density at radius 1 is 1.00 bits per heavy atom. The highest BCUT2D eigenvalue weighted by molar-refractivity contribution is 7.99. The largest absolute Gasteiger partial charge is 0.325 e. The second kappa shape index (κ2) is 9.51. The zero-order chi connectivity index (χ0) is 21.8. The van der Waals surface area contributed by atoms with Crippen LogP contribution in [0.15, 0.2) is 72.1 Å². The highest BCUT2D eigenvalue weighted by Gasteiger charge is 2.17. The van der Waals surface area contributed by atoms with E-state index in [1.54, 1.807) is 36.7 Å². The summed E-state index contributed by atoms with van der Waals surface area (Å²) in [5.74, 6) is 0.651. The number of hydrogen-bond acceptors (Lipinski definition) is 5. The maximum absolute atomic E-state index is 12.6. The van der Waals surface area contributed by atoms with Crippen LogP contribution in [0.4, 0.5) is 5.69 Å². The van der Waals surface area contributed by atoms with Gasteiger partial charge < -0.3 is 5.32 Å². The molecule has 31 heavy (non-hydrogen) atoms. The molecule has 0 aliphatic carbocycles. The minimum Gasteiger partial charge on any atom is -0.325 e. The third-order valence-electron chi connectivity index (χ3n) is 4.46. The van der Waals surface area contributed by atoms with Crippen LogP contribution in [0, 0.1) is 6.92 Å². The summed E-state index contributed by atoms with van der Waals surface area (Å²) in [4.78, 5) is 16.6. The van der Waals surface area contributed by atoms with Gasteiger partial charge in [0.25, 0.3) is 0 Å². The molecule has 4 aromatic rings. The molecular weight excluding hydrogens is 453 g/mol. The first-order valence-corrected chi connectivity index (χ1v) is 11.1. The van der Waals surface area contributed by atoms with Crippen LogP contribution in [0.25, 0.3) is 17.1 Å². The lowest BCUT2D eigenvalue weighted by atomic mass is 10.2. The van der Waals surface area contributed by atoms with Gasteiger partial charge in [0.2, 0.25) is 5.91 Å². The summed E-state index contributed by atoms with van der Waals surface area (Å²) in [6.07, 6.45) is 3.40. The molecule has 0 bridgehead atoms. The van der Waals surface area contributed by atoms with Gasteiger partial charge in [0.15, 0.2) is 11.0 Å². The second-order valence-electron chi connectivity index (χ2n) is 6.65. The fourth-order valence-corrected chi connectivity index (χ4v) is 3.97. The Labute approximate surface area is 193 Å². The molecule has 4 rings (SSSR count). The fourth-order valence-electron chi connectivity index (χ4n) is 2.92. The number of aromatic nitrogens is 4. The van der Waals surface area contributed by atoms with Crippen molar-refractivity contribution in [1.29, 1.82) is 0 Å². The highest BCUT2D eigenvalue weighted by atomic mass is 35.5. The lowest BCUT2D eigenvalue weighted by molar-refractivity contribution is -0.113. The number of carbonyl (C=O) groups is 1. The van der Waals surface area contributed by atoms with E-state index in [0.717, 1.165) is 16.8 Å². The first kappa shape index (κ1) is 21.4. The number of carbonyl (C=O) groups excluding carboxylic acids is 1. The van der Waals surface area contributed by atoms with Crippen LogP contribution in [0.1, 0.15) is 5.56 Å². The van der Waals surface area contributed by atoms with Crippen molar-refractivity contribution >= 4 is 46.6 Å². The average molecular weight is 470 g/mol. The van der Waals surface area contributed by atoms with Crippen molar-refractivity contribution < 1.29 is 4.79 Å². The molecule has 9 heteroatoms. The molecule has 2 aromatic heterocycles. The Hall–Kier alpha value is -2.87. The van der Waals surface area contributed by atoms with Gasteiger partial charge in [-0.2, -0.15) is 0 Å². The first-order valence-electron chi connectivity index (χ1n) is 9.32. The van der Waals surface area contributed by atoms with E-state index >= 15 is 0 Å². The van der Waals surface area contributed by atoms with Gasteiger partial charge >= 0.3 is 0 Å². The molecule has 1 amide bonds. The third-order valence-corrected chi connectivity index (χ3v) is 5.88. The van der Waals surface area contributed by atoms with Gasteiger partial charge in [-0.15, -0.1) is 10.2 Å². The lowest BCUT2D eigenvalue weighted by Gasteiger charge is -2.11. The highest BCUT2D eigenvalue weighted by Crippen LogP contribution is 2.29. The summed E-state index contributed by atoms with van der Waals surface area (Å²) in [6.45, 7) is 1.91. The molecule has 2 aromatic carbocycles. The maximum Gasteiger partial charge on any atom is 0.234 e. The minimum atomic E-state index is -0.161. The van der Waals surface area contributed by atoms with Crippen LogP contribution in [0.2, 0.25) is 10.0 Å². The Morgan fingerprint density at radius 2 is 1.71 bits per heavy atom. The predicted octanol–water partition coefficient (Wildman–Crippen LogP) is 5.68. The Bertz CT molecular complexity index is 1210. The molecule has 0 fully saturated rings. The molecule has 0 saturated carbocycles. The molecule has 6 nitrogen and oxygen atoms in total. The molecule has 0 atom stereocenters. The van der Waals surface area contributed by atoms with Gasteiger partial charge in [-0.3, -0.25) is 14.3 Å². The average Bonchev–Trinajstić information content (AvgIpc) is 3.20. The standard InChI is InChI=1S/C22H17Cl2N5OS/c1-14-2-3-17(24)12-19(14)26-20(30)13-31-22-28-27-21(15-8-10-25-11-9-15)29(22)18-6-4-16(23)5-7-18/h2-12H,13H2,1H3,(H,26,30). The summed E-state index contributed by atoms with van der Waals surface area (Å²) in [6, 6.07) is 16.5. The number of benzene rings is 2. The van der Waals surface area contributed by atoms with Gasteiger partial charge in [0.1, 0.15) is 0 Å². The van der Waals surface area contributed by atoms with E-state index in [9.17, 15) is 4.79 Å². The van der Waals surface area contributed by atoms with Crippen molar-refractivity contribution in [2.75, 3.05) is 11.1 Å². The molecule has 0 radical (unpaired) electrons. The smallest absolute Gasteiger partial charge is 0.234 e. The number of halogens is 2. The number of aryl methyl sites for hydroxylation is 1. The molecule has 0 saturated heterocycles. The summed E-state index contributed by atoms with van der Waals surface area (Å²) in [5.41, 5.74) is 3.33. The van der Waals surface area contributed by atoms with Gasteiger partial charge in [-0.25, -0.2) is 0 Å². The van der Waals surface area contributed by atoms with E-state index in [2.05, 4.69) is 20.5 Å². The molecule has 0 unspecified atom stereocenters. The topological polar surface area (TPSA) is 72.7 Å². The van der Waals surface area contributed by atoms with Crippen LogP contribution in [0.3, 0.4) is 0 Å². The van der Waals surface area contributed by atoms with E-state index in [1.165, 1.54) is 11.8 Å². The number of nitrogens with one attached hydrogen (secondary N) is 1. The molecule has 0 aliphatic rings. The monoisotopic (exact) mass is 469 g/mol. The van der Waals surface area contributed by atoms with E-state index < -0.39 is 0 Å². The molecule has 156 valence electrons. The zero-order valence-electron chi connectivity index (χ0n) is 16.4. The number of nitrogens with zero attached hydrogens (tertiary/aromatic N) is 4. The normalized spacial score (nSPS) is 10.8. The van der Waals surface area contributed by atoms with Crippen molar-refractivity contribution in [2.24, 2.45) is 0 Å². The van der Waals surface area contributed by atoms with Crippen molar-refractivity contribution in [3.63, 3.8) is 0 Å². The van der Waals surface area contributed by atoms with Crippen molar-refractivity contribution in [3.8, 4) is 17.1 Å². The Kier molecular flexibility index (Phi) is 6.56. The quantitative estimate of drug-likeness (QED) is 0.368. The predicted molar refractivity (Wildman–Crippen MR) is 125 cm³/mol. The van der Waals surface area contributed by atoms with E-state index in [4.69, 9.17) is 23.2 Å². The SMILES string of the molecule is Cc1ccc(Cl)cc1NC(=O)CSc1nnc(-c2ccncc2)n1-c1ccc(Cl)cc1. The number of anilines is 1. The minimum absolute atomic E-state index is 0.161. The van der Waals surface area contributed by atoms with Crippen LogP contribution in [-0.2, 0) is 4.79 Å². The van der Waals surface area contributed by atoms with Crippen LogP contribution >= 0.6 is 35.0 Å². The second-order valence-corrected chi connectivity index (χ2v) is 8.47. The molecule has 0 spiro atoms. The van der Waals surface area contributed by atoms with Gasteiger partial charge in [0.05, 0.1) is 5.75 Å². The summed E-state index contributed by atoms with van der Waals surface area (Å²) in [5, 5.41) is 13.4. The lowest BCUT2D eigenvalue weighted by Crippen LogP contribution is -2.15.